The Hall–Kier alpha value is -4.92. The molecule has 0 aliphatic rings. The third-order valence-electron chi connectivity index (χ3n) is 9.59. The van der Waals surface area contributed by atoms with Crippen molar-refractivity contribution in [1.29, 1.82) is 0 Å². The molecule has 0 saturated carbocycles. The van der Waals surface area contributed by atoms with Crippen molar-refractivity contribution in [3.63, 3.8) is 0 Å². The first-order valence-corrected chi connectivity index (χ1v) is 22.2. The average molecular weight is 938 g/mol. The van der Waals surface area contributed by atoms with E-state index >= 15 is 0 Å². The molecular weight excluding hydrogens is 899 g/mol. The molecule has 0 amide bonds. The summed E-state index contributed by atoms with van der Waals surface area (Å²) in [6.45, 7) is 11.2. The summed E-state index contributed by atoms with van der Waals surface area (Å²) < 4.78 is 38.6. The van der Waals surface area contributed by atoms with E-state index in [1.807, 2.05) is 50.4 Å². The summed E-state index contributed by atoms with van der Waals surface area (Å²) in [5.41, 5.74) is 6.63. The quantitative estimate of drug-likeness (QED) is 0.0948. The second-order valence-electron chi connectivity index (χ2n) is 14.7. The summed E-state index contributed by atoms with van der Waals surface area (Å²) in [6.07, 6.45) is 1.89. The minimum absolute atomic E-state index is 0. The van der Waals surface area contributed by atoms with Gasteiger partial charge in [-0.1, -0.05) is 111 Å². The largest absolute Gasteiger partial charge is 0.360 e. The van der Waals surface area contributed by atoms with Crippen LogP contribution in [0.5, 0.6) is 0 Å². The molecule has 0 fully saturated rings. The zero-order valence-electron chi connectivity index (χ0n) is 32.0. The predicted octanol–water partition coefficient (Wildman–Crippen LogP) is 12.0. The second kappa shape index (κ2) is 15.7. The Balaban J connectivity index is 0.000000190. The van der Waals surface area contributed by atoms with Crippen LogP contribution < -0.4 is 5.19 Å². The van der Waals surface area contributed by atoms with Gasteiger partial charge in [0.1, 0.15) is 4.83 Å². The van der Waals surface area contributed by atoms with Gasteiger partial charge in [-0.2, -0.15) is 15.7 Å². The molecule has 9 heteroatoms. The van der Waals surface area contributed by atoms with Crippen molar-refractivity contribution < 1.29 is 30.3 Å². The molecule has 9 rings (SSSR count). The normalized spacial score (nSPS) is 12.1. The molecule has 0 unspecified atom stereocenters. The number of hydrogen-bond acceptors (Lipinski definition) is 4. The van der Waals surface area contributed by atoms with Crippen LogP contribution in [0.2, 0.25) is 19.6 Å². The van der Waals surface area contributed by atoms with Crippen molar-refractivity contribution in [3.8, 4) is 22.6 Å². The minimum Gasteiger partial charge on any atom is -0.360 e. The SMILES string of the molecule is Fc1ccc2c(n1)sc1c(-c3nc4cc5ccccc5cc4n3Cc3ccccc3)[c-]ccc12.[2H]C(C)(C)c1cc(-c2[c-]cc(F)cc2)ncc1[Si](C)(C)C.[Ir]. The third kappa shape index (κ3) is 7.80. The number of halogens is 2. The number of pyridine rings is 2. The van der Waals surface area contributed by atoms with Crippen LogP contribution >= 0.6 is 11.3 Å². The van der Waals surface area contributed by atoms with Crippen molar-refractivity contribution in [2.45, 2.75) is 45.9 Å². The van der Waals surface area contributed by atoms with E-state index in [0.717, 1.165) is 60.1 Å². The summed E-state index contributed by atoms with van der Waals surface area (Å²) in [6, 6.07) is 43.0. The molecule has 55 heavy (non-hydrogen) atoms. The van der Waals surface area contributed by atoms with E-state index in [2.05, 4.69) is 101 Å². The van der Waals surface area contributed by atoms with Crippen LogP contribution in [0.15, 0.2) is 121 Å². The van der Waals surface area contributed by atoms with Crippen LogP contribution in [0.1, 0.15) is 32.2 Å². The molecule has 1 radical (unpaired) electrons. The fourth-order valence-electron chi connectivity index (χ4n) is 6.87. The number of fused-ring (bicyclic) bond motifs is 5. The van der Waals surface area contributed by atoms with Gasteiger partial charge in [0.05, 0.1) is 24.9 Å². The summed E-state index contributed by atoms with van der Waals surface area (Å²) in [5.74, 6) is -0.606. The standard InChI is InChI=1S/C29H17FN3S.C17H21FNSi.Ir/c30-26-14-13-22-21-11-6-12-23(27(21)34-29(22)32-26)28-31-24-15-19-9-4-5-10-20(19)16-25(24)33(28)17-18-7-2-1-3-8-18;1-12(2)15-10-16(13-6-8-14(18)9-7-13)19-11-17(15)20(3,4)5;/h1-11,13-16H,17H2;6,8-12H,1-5H3;/q2*-1;/i;12D;. The number of aromatic nitrogens is 4. The first-order valence-electron chi connectivity index (χ1n) is 18.3. The zero-order valence-corrected chi connectivity index (χ0v) is 35.3. The summed E-state index contributed by atoms with van der Waals surface area (Å²) >= 11 is 1.49. The number of hydrogen-bond donors (Lipinski definition) is 0. The Kier molecular flexibility index (Phi) is 10.5. The molecule has 4 aromatic heterocycles. The van der Waals surface area contributed by atoms with Gasteiger partial charge in [-0.05, 0) is 62.1 Å². The van der Waals surface area contributed by atoms with Gasteiger partial charge in [0.25, 0.3) is 0 Å². The van der Waals surface area contributed by atoms with Gasteiger partial charge in [0.2, 0.25) is 5.95 Å². The molecule has 5 aromatic carbocycles. The van der Waals surface area contributed by atoms with Crippen LogP contribution in [-0.4, -0.2) is 27.6 Å². The van der Waals surface area contributed by atoms with Gasteiger partial charge < -0.3 is 9.55 Å². The maximum Gasteiger partial charge on any atom is 0.214 e. The van der Waals surface area contributed by atoms with Crippen LogP contribution in [0, 0.1) is 23.9 Å². The molecule has 4 nitrogen and oxygen atoms in total. The van der Waals surface area contributed by atoms with Gasteiger partial charge in [-0.15, -0.1) is 48.0 Å². The molecule has 0 bridgehead atoms. The Morgan fingerprint density at radius 1 is 0.836 bits per heavy atom. The Morgan fingerprint density at radius 3 is 2.29 bits per heavy atom. The van der Waals surface area contributed by atoms with Crippen LogP contribution in [0.4, 0.5) is 8.78 Å². The maximum absolute atomic E-state index is 13.8. The molecule has 0 N–H and O–H groups in total. The van der Waals surface area contributed by atoms with Crippen molar-refractivity contribution in [2.24, 2.45) is 0 Å². The minimum atomic E-state index is -1.57. The number of rotatable bonds is 6. The number of benzene rings is 5. The molecule has 0 spiro atoms. The Bertz CT molecular complexity index is 2850. The zero-order chi connectivity index (χ0) is 38.5. The van der Waals surface area contributed by atoms with Gasteiger partial charge in [0.15, 0.2) is 0 Å². The summed E-state index contributed by atoms with van der Waals surface area (Å²) in [4.78, 5) is 14.4. The average Bonchev–Trinajstić information content (AvgIpc) is 3.71. The Morgan fingerprint density at radius 2 is 1.58 bits per heavy atom. The Labute approximate surface area is 339 Å². The van der Waals surface area contributed by atoms with Gasteiger partial charge in [0, 0.05) is 45.4 Å². The van der Waals surface area contributed by atoms with Crippen LogP contribution in [0.3, 0.4) is 0 Å². The molecule has 0 saturated heterocycles. The molecule has 0 atom stereocenters. The van der Waals surface area contributed by atoms with E-state index in [1.54, 1.807) is 12.1 Å². The molecular formula is C46H38F2IrN4SSi-2. The maximum atomic E-state index is 13.8. The van der Waals surface area contributed by atoms with E-state index in [4.69, 9.17) is 6.35 Å². The molecule has 277 valence electrons. The topological polar surface area (TPSA) is 43.6 Å². The van der Waals surface area contributed by atoms with Crippen molar-refractivity contribution in [3.05, 3.63) is 156 Å². The van der Waals surface area contributed by atoms with Crippen LogP contribution in [-0.2, 0) is 26.7 Å². The van der Waals surface area contributed by atoms with Gasteiger partial charge >= 0.3 is 0 Å². The second-order valence-corrected chi connectivity index (χ2v) is 20.7. The molecule has 0 aliphatic heterocycles. The molecule has 4 heterocycles. The van der Waals surface area contributed by atoms with E-state index < -0.39 is 19.9 Å². The smallest absolute Gasteiger partial charge is 0.214 e. The fourth-order valence-corrected chi connectivity index (χ4v) is 9.61. The molecule has 9 aromatic rings. The number of imidazole rings is 1. The fraction of sp³-hybridized carbons (Fsp3) is 0.152. The van der Waals surface area contributed by atoms with Gasteiger partial charge in [-0.3, -0.25) is 9.37 Å². The monoisotopic (exact) mass is 938 g/mol. The predicted molar refractivity (Wildman–Crippen MR) is 223 cm³/mol. The first-order chi connectivity index (χ1) is 26.3. The van der Waals surface area contributed by atoms with Gasteiger partial charge in [-0.25, -0.2) is 4.98 Å². The van der Waals surface area contributed by atoms with Crippen molar-refractivity contribution in [2.75, 3.05) is 0 Å². The van der Waals surface area contributed by atoms with E-state index in [0.29, 0.717) is 11.4 Å². The summed E-state index contributed by atoms with van der Waals surface area (Å²) in [7, 11) is -1.57. The summed E-state index contributed by atoms with van der Waals surface area (Å²) in [5, 5.41) is 5.54. The van der Waals surface area contributed by atoms with Crippen molar-refractivity contribution >= 4 is 66.7 Å². The number of nitrogens with zero attached hydrogens (tertiary/aromatic N) is 4. The van der Waals surface area contributed by atoms with E-state index in [1.165, 1.54) is 45.7 Å². The third-order valence-corrected chi connectivity index (χ3v) is 12.7. The van der Waals surface area contributed by atoms with E-state index in [-0.39, 0.29) is 25.9 Å². The number of thiophene rings is 1. The first kappa shape index (κ1) is 37.0. The van der Waals surface area contributed by atoms with Crippen LogP contribution in [0.25, 0.3) is 64.8 Å². The molecule has 0 aliphatic carbocycles. The van der Waals surface area contributed by atoms with E-state index in [9.17, 15) is 8.78 Å². The van der Waals surface area contributed by atoms with Crippen molar-refractivity contribution in [1.82, 2.24) is 19.5 Å².